The molecule has 0 spiro atoms. The summed E-state index contributed by atoms with van der Waals surface area (Å²) in [7, 11) is 0. The Morgan fingerprint density at radius 2 is 1.90 bits per heavy atom. The third-order valence-electron chi connectivity index (χ3n) is 3.81. The van der Waals surface area contributed by atoms with Crippen molar-refractivity contribution in [1.82, 2.24) is 5.32 Å². The molecule has 2 aromatic rings. The summed E-state index contributed by atoms with van der Waals surface area (Å²) in [5.74, 6) is -2.09. The van der Waals surface area contributed by atoms with Gasteiger partial charge in [-0.3, -0.25) is 4.79 Å². The summed E-state index contributed by atoms with van der Waals surface area (Å²) in [6, 6.07) is 9.91. The van der Waals surface area contributed by atoms with Crippen LogP contribution < -0.4 is 11.1 Å². The second-order valence-electron chi connectivity index (χ2n) is 5.16. The average molecular weight is 288 g/mol. The lowest BCUT2D eigenvalue weighted by atomic mass is 9.77. The molecule has 0 aliphatic heterocycles. The number of nitrogens with one attached hydrogen (secondary N) is 1. The van der Waals surface area contributed by atoms with Crippen LogP contribution in [0.2, 0.25) is 0 Å². The predicted molar refractivity (Wildman–Crippen MR) is 76.0 cm³/mol. The number of nitrogen functional groups attached to an aromatic ring is 1. The molecule has 1 aliphatic carbocycles. The van der Waals surface area contributed by atoms with Gasteiger partial charge >= 0.3 is 0 Å². The van der Waals surface area contributed by atoms with Crippen LogP contribution in [0, 0.1) is 11.6 Å². The Labute approximate surface area is 120 Å². The van der Waals surface area contributed by atoms with Gasteiger partial charge in [0.1, 0.15) is 17.3 Å². The molecule has 0 radical (unpaired) electrons. The molecule has 108 valence electrons. The normalized spacial score (nSPS) is 16.0. The quantitative estimate of drug-likeness (QED) is 0.853. The molecule has 1 unspecified atom stereocenters. The van der Waals surface area contributed by atoms with Crippen molar-refractivity contribution >= 4 is 11.6 Å². The van der Waals surface area contributed by atoms with Gasteiger partial charge in [0.15, 0.2) is 0 Å². The summed E-state index contributed by atoms with van der Waals surface area (Å²) >= 11 is 0. The number of hydrogen-bond donors (Lipinski definition) is 2. The molecule has 3 N–H and O–H groups in total. The number of rotatable bonds is 3. The number of halogens is 2. The van der Waals surface area contributed by atoms with E-state index in [1.54, 1.807) is 0 Å². The fourth-order valence-corrected chi connectivity index (χ4v) is 2.58. The lowest BCUT2D eigenvalue weighted by Crippen LogP contribution is -2.33. The monoisotopic (exact) mass is 288 g/mol. The minimum absolute atomic E-state index is 0.0631. The zero-order valence-corrected chi connectivity index (χ0v) is 11.2. The van der Waals surface area contributed by atoms with Crippen LogP contribution in [0.5, 0.6) is 0 Å². The van der Waals surface area contributed by atoms with Crippen molar-refractivity contribution in [2.75, 3.05) is 12.3 Å². The van der Waals surface area contributed by atoms with Crippen LogP contribution in [-0.4, -0.2) is 12.5 Å². The smallest absolute Gasteiger partial charge is 0.251 e. The van der Waals surface area contributed by atoms with Crippen molar-refractivity contribution in [1.29, 1.82) is 0 Å². The third kappa shape index (κ3) is 2.46. The third-order valence-corrected chi connectivity index (χ3v) is 3.81. The van der Waals surface area contributed by atoms with E-state index in [4.69, 9.17) is 5.73 Å². The number of fused-ring (bicyclic) bond motifs is 1. The fourth-order valence-electron chi connectivity index (χ4n) is 2.58. The topological polar surface area (TPSA) is 55.1 Å². The second kappa shape index (κ2) is 5.16. The van der Waals surface area contributed by atoms with Gasteiger partial charge in [0.2, 0.25) is 0 Å². The van der Waals surface area contributed by atoms with Gasteiger partial charge < -0.3 is 11.1 Å². The first-order valence-electron chi connectivity index (χ1n) is 6.67. The molecule has 0 saturated heterocycles. The van der Waals surface area contributed by atoms with Crippen LogP contribution in [0.15, 0.2) is 36.4 Å². The van der Waals surface area contributed by atoms with Gasteiger partial charge in [-0.1, -0.05) is 24.3 Å². The van der Waals surface area contributed by atoms with Gasteiger partial charge in [0.25, 0.3) is 5.91 Å². The van der Waals surface area contributed by atoms with Gasteiger partial charge in [0.05, 0.1) is 0 Å². The molecule has 1 amide bonds. The van der Waals surface area contributed by atoms with Gasteiger partial charge in [-0.25, -0.2) is 8.78 Å². The van der Waals surface area contributed by atoms with E-state index in [0.717, 1.165) is 18.6 Å². The first-order chi connectivity index (χ1) is 10.1. The maximum Gasteiger partial charge on any atom is 0.251 e. The van der Waals surface area contributed by atoms with E-state index in [-0.39, 0.29) is 11.5 Å². The van der Waals surface area contributed by atoms with Crippen LogP contribution in [0.1, 0.15) is 27.4 Å². The Kier molecular flexibility index (Phi) is 3.33. The van der Waals surface area contributed by atoms with Crippen molar-refractivity contribution in [3.63, 3.8) is 0 Å². The Bertz CT molecular complexity index is 692. The molecule has 1 atom stereocenters. The van der Waals surface area contributed by atoms with Crippen LogP contribution in [0.4, 0.5) is 14.5 Å². The molecule has 3 nitrogen and oxygen atoms in total. The van der Waals surface area contributed by atoms with E-state index in [9.17, 15) is 13.6 Å². The standard InChI is InChI=1S/C16H14F2N2O/c17-13-6-10(7-14(18)15(13)19)16(21)20-8-11-5-9-3-1-2-4-12(9)11/h1-4,6-7,11H,5,8,19H2,(H,20,21). The van der Waals surface area contributed by atoms with Gasteiger partial charge in [-0.15, -0.1) is 0 Å². The molecule has 1 aliphatic rings. The number of amides is 1. The summed E-state index contributed by atoms with van der Waals surface area (Å²) in [5, 5.41) is 2.70. The number of carbonyl (C=O) groups is 1. The lowest BCUT2D eigenvalue weighted by Gasteiger charge is -2.30. The zero-order valence-electron chi connectivity index (χ0n) is 11.2. The molecular formula is C16H14F2N2O. The molecule has 0 fully saturated rings. The SMILES string of the molecule is Nc1c(F)cc(C(=O)NCC2Cc3ccccc32)cc1F. The number of anilines is 1. The molecule has 21 heavy (non-hydrogen) atoms. The summed E-state index contributed by atoms with van der Waals surface area (Å²) < 4.78 is 26.7. The van der Waals surface area contributed by atoms with Crippen LogP contribution in [-0.2, 0) is 6.42 Å². The number of benzene rings is 2. The first-order valence-corrected chi connectivity index (χ1v) is 6.67. The Hall–Kier alpha value is -2.43. The summed E-state index contributed by atoms with van der Waals surface area (Å²) in [6.45, 7) is 0.448. The minimum Gasteiger partial charge on any atom is -0.394 e. The molecule has 0 saturated carbocycles. The molecule has 5 heteroatoms. The number of carbonyl (C=O) groups excluding carboxylic acids is 1. The van der Waals surface area contributed by atoms with E-state index in [2.05, 4.69) is 11.4 Å². The van der Waals surface area contributed by atoms with E-state index in [0.29, 0.717) is 6.54 Å². The van der Waals surface area contributed by atoms with Crippen LogP contribution in [0.3, 0.4) is 0 Å². The summed E-state index contributed by atoms with van der Waals surface area (Å²) in [4.78, 5) is 11.9. The second-order valence-corrected chi connectivity index (χ2v) is 5.16. The van der Waals surface area contributed by atoms with E-state index < -0.39 is 23.2 Å². The van der Waals surface area contributed by atoms with E-state index in [1.165, 1.54) is 11.1 Å². The van der Waals surface area contributed by atoms with Crippen molar-refractivity contribution < 1.29 is 13.6 Å². The number of nitrogens with two attached hydrogens (primary N) is 1. The Morgan fingerprint density at radius 3 is 2.57 bits per heavy atom. The maximum absolute atomic E-state index is 13.3. The minimum atomic E-state index is -0.922. The highest BCUT2D eigenvalue weighted by atomic mass is 19.1. The van der Waals surface area contributed by atoms with Crippen LogP contribution in [0.25, 0.3) is 0 Å². The number of hydrogen-bond acceptors (Lipinski definition) is 2. The fraction of sp³-hybridized carbons (Fsp3) is 0.188. The van der Waals surface area contributed by atoms with Gasteiger partial charge in [-0.2, -0.15) is 0 Å². The largest absolute Gasteiger partial charge is 0.394 e. The molecule has 0 aromatic heterocycles. The van der Waals surface area contributed by atoms with E-state index >= 15 is 0 Å². The molecule has 3 rings (SSSR count). The Balaban J connectivity index is 1.66. The molecule has 0 heterocycles. The highest BCUT2D eigenvalue weighted by molar-refractivity contribution is 5.94. The van der Waals surface area contributed by atoms with Crippen LogP contribution >= 0.6 is 0 Å². The van der Waals surface area contributed by atoms with Gasteiger partial charge in [-0.05, 0) is 29.7 Å². The van der Waals surface area contributed by atoms with Gasteiger partial charge in [0, 0.05) is 18.0 Å². The van der Waals surface area contributed by atoms with Crippen molar-refractivity contribution in [2.24, 2.45) is 0 Å². The summed E-state index contributed by atoms with van der Waals surface area (Å²) in [5.41, 5.74) is 7.04. The highest BCUT2D eigenvalue weighted by Crippen LogP contribution is 2.34. The predicted octanol–water partition coefficient (Wildman–Crippen LogP) is 2.62. The Morgan fingerprint density at radius 1 is 1.24 bits per heavy atom. The molecule has 0 bridgehead atoms. The summed E-state index contributed by atoms with van der Waals surface area (Å²) in [6.07, 6.45) is 0.904. The van der Waals surface area contributed by atoms with Crippen molar-refractivity contribution in [2.45, 2.75) is 12.3 Å². The maximum atomic E-state index is 13.3. The zero-order chi connectivity index (χ0) is 15.0. The molecule has 2 aromatic carbocycles. The van der Waals surface area contributed by atoms with Crippen molar-refractivity contribution in [3.05, 3.63) is 64.7 Å². The highest BCUT2D eigenvalue weighted by Gasteiger charge is 2.25. The lowest BCUT2D eigenvalue weighted by molar-refractivity contribution is 0.0949. The van der Waals surface area contributed by atoms with E-state index in [1.807, 2.05) is 18.2 Å². The molecular weight excluding hydrogens is 274 g/mol. The average Bonchev–Trinajstić information content (AvgIpc) is 2.45. The first kappa shape index (κ1) is 13.5. The van der Waals surface area contributed by atoms with Crippen molar-refractivity contribution in [3.8, 4) is 0 Å².